The van der Waals surface area contributed by atoms with Crippen molar-refractivity contribution in [2.24, 2.45) is 34.5 Å². The molecule has 1 saturated heterocycles. The predicted molar refractivity (Wildman–Crippen MR) is 122 cm³/mol. The van der Waals surface area contributed by atoms with Gasteiger partial charge in [-0.25, -0.2) is 0 Å². The van der Waals surface area contributed by atoms with E-state index in [1.807, 2.05) is 13.8 Å². The summed E-state index contributed by atoms with van der Waals surface area (Å²) in [7, 11) is 0. The van der Waals surface area contributed by atoms with Crippen molar-refractivity contribution in [2.45, 2.75) is 110 Å². The number of fused-ring (bicyclic) bond motifs is 8. The van der Waals surface area contributed by atoms with Crippen LogP contribution in [0.2, 0.25) is 0 Å². The minimum Gasteiger partial charge on any atom is -0.459 e. The van der Waals surface area contributed by atoms with Crippen LogP contribution in [0.1, 0.15) is 80.1 Å². The van der Waals surface area contributed by atoms with Crippen molar-refractivity contribution in [1.29, 1.82) is 0 Å². The van der Waals surface area contributed by atoms with Crippen molar-refractivity contribution >= 4 is 11.9 Å². The Bertz CT molecular complexity index is 865. The lowest BCUT2D eigenvalue weighted by molar-refractivity contribution is -0.218. The molecule has 0 aromatic heterocycles. The van der Waals surface area contributed by atoms with E-state index in [-0.39, 0.29) is 40.9 Å². The van der Waals surface area contributed by atoms with Crippen LogP contribution < -0.4 is 0 Å². The molecule has 0 aromatic carbocycles. The first-order valence-electron chi connectivity index (χ1n) is 12.7. The molecule has 5 rings (SSSR count). The van der Waals surface area contributed by atoms with Crippen LogP contribution in [0.25, 0.3) is 0 Å². The fourth-order valence-electron chi connectivity index (χ4n) is 8.75. The predicted octanol–water partition coefficient (Wildman–Crippen LogP) is 4.80. The number of carbonyl (C=O) groups excluding carboxylic acids is 2. The van der Waals surface area contributed by atoms with Gasteiger partial charge in [0.1, 0.15) is 12.2 Å². The molecular weight excluding hydrogens is 420 g/mol. The normalized spacial score (nSPS) is 49.9. The van der Waals surface area contributed by atoms with Crippen molar-refractivity contribution < 1.29 is 28.5 Å². The smallest absolute Gasteiger partial charge is 0.303 e. The van der Waals surface area contributed by atoms with Crippen LogP contribution >= 0.6 is 0 Å². The molecule has 184 valence electrons. The number of hydrogen-bond acceptors (Lipinski definition) is 6. The lowest BCUT2D eigenvalue weighted by Gasteiger charge is -2.63. The summed E-state index contributed by atoms with van der Waals surface area (Å²) >= 11 is 0. The fraction of sp³-hybridized carbons (Fsp3) is 0.852. The lowest BCUT2D eigenvalue weighted by Crippen LogP contribution is -2.65. The molecule has 1 heterocycles. The number of ether oxygens (including phenoxy) is 4. The Morgan fingerprint density at radius 1 is 0.909 bits per heavy atom. The van der Waals surface area contributed by atoms with Crippen LogP contribution in [0.3, 0.4) is 0 Å². The molecule has 5 aliphatic rings. The zero-order valence-corrected chi connectivity index (χ0v) is 21.0. The van der Waals surface area contributed by atoms with E-state index in [2.05, 4.69) is 20.4 Å². The topological polar surface area (TPSA) is 71.1 Å². The molecule has 0 N–H and O–H groups in total. The molecule has 6 nitrogen and oxygen atoms in total. The van der Waals surface area contributed by atoms with Gasteiger partial charge in [0, 0.05) is 13.8 Å². The third kappa shape index (κ3) is 3.50. The van der Waals surface area contributed by atoms with Crippen molar-refractivity contribution in [3.8, 4) is 0 Å². The summed E-state index contributed by atoms with van der Waals surface area (Å²) in [4.78, 5) is 23.9. The summed E-state index contributed by atoms with van der Waals surface area (Å²) in [6.07, 6.45) is 4.93. The van der Waals surface area contributed by atoms with E-state index in [0.717, 1.165) is 25.7 Å². The molecule has 1 aliphatic heterocycles. The van der Waals surface area contributed by atoms with Crippen LogP contribution in [0.5, 0.6) is 0 Å². The van der Waals surface area contributed by atoms with Gasteiger partial charge < -0.3 is 18.9 Å². The first-order chi connectivity index (χ1) is 15.4. The van der Waals surface area contributed by atoms with Gasteiger partial charge in [-0.15, -0.1) is 0 Å². The Morgan fingerprint density at radius 3 is 2.21 bits per heavy atom. The number of esters is 2. The molecular formula is C27H40O6. The SMILES string of the molecule is C=C1CCC2C3C(CC[C@]12C)[C@@]1(C)C[C@@H](OC(C)=O)[C@@H](OC(C)=O)CC1[C@H]1OC(C)(C)O[C@H]31. The van der Waals surface area contributed by atoms with Gasteiger partial charge in [-0.3, -0.25) is 9.59 Å². The van der Waals surface area contributed by atoms with Crippen LogP contribution in [0, 0.1) is 34.5 Å². The summed E-state index contributed by atoms with van der Waals surface area (Å²) in [5.41, 5.74) is 1.47. The minimum atomic E-state index is -0.641. The monoisotopic (exact) mass is 460 g/mol. The number of rotatable bonds is 2. The molecule has 0 amide bonds. The van der Waals surface area contributed by atoms with Gasteiger partial charge in [-0.1, -0.05) is 26.0 Å². The van der Waals surface area contributed by atoms with Gasteiger partial charge in [0.25, 0.3) is 0 Å². The van der Waals surface area contributed by atoms with Gasteiger partial charge in [0.2, 0.25) is 0 Å². The highest BCUT2D eigenvalue weighted by atomic mass is 16.8. The van der Waals surface area contributed by atoms with Crippen molar-refractivity contribution in [1.82, 2.24) is 0 Å². The van der Waals surface area contributed by atoms with E-state index < -0.39 is 18.0 Å². The van der Waals surface area contributed by atoms with Crippen molar-refractivity contribution in [3.63, 3.8) is 0 Å². The van der Waals surface area contributed by atoms with E-state index in [0.29, 0.717) is 30.6 Å². The first kappa shape index (κ1) is 23.3. The lowest BCUT2D eigenvalue weighted by atomic mass is 9.43. The highest BCUT2D eigenvalue weighted by Gasteiger charge is 2.69. The standard InChI is InChI=1S/C27H40O6/c1-14-8-9-17-22-18(10-11-26(14,17)6)27(7)13-21(31-16(3)29)20(30-15(2)28)12-19(27)23-24(22)33-25(4,5)32-23/h17-24H,1,8-13H2,2-7H3/t17?,18?,19?,20-,21+,22?,23+,24+,26+,27+/m0/s1. The summed E-state index contributed by atoms with van der Waals surface area (Å²) in [6.45, 7) is 16.1. The van der Waals surface area contributed by atoms with Gasteiger partial charge in [0.05, 0.1) is 12.2 Å². The van der Waals surface area contributed by atoms with E-state index >= 15 is 0 Å². The quantitative estimate of drug-likeness (QED) is 0.436. The molecule has 0 bridgehead atoms. The second kappa shape index (κ2) is 7.55. The molecule has 4 unspecified atom stereocenters. The highest BCUT2D eigenvalue weighted by Crippen LogP contribution is 2.69. The average molecular weight is 461 g/mol. The van der Waals surface area contributed by atoms with Gasteiger partial charge in [0.15, 0.2) is 5.79 Å². The molecule has 4 aliphatic carbocycles. The Morgan fingerprint density at radius 2 is 1.55 bits per heavy atom. The van der Waals surface area contributed by atoms with Gasteiger partial charge >= 0.3 is 11.9 Å². The molecule has 33 heavy (non-hydrogen) atoms. The van der Waals surface area contributed by atoms with Crippen molar-refractivity contribution in [2.75, 3.05) is 0 Å². The molecule has 0 spiro atoms. The number of carbonyl (C=O) groups is 2. The second-order valence-corrected chi connectivity index (χ2v) is 12.3. The van der Waals surface area contributed by atoms with E-state index in [1.54, 1.807) is 0 Å². The number of allylic oxidation sites excluding steroid dienone is 1. The largest absolute Gasteiger partial charge is 0.459 e. The Labute approximate surface area is 197 Å². The van der Waals surface area contributed by atoms with E-state index in [1.165, 1.54) is 19.4 Å². The first-order valence-corrected chi connectivity index (χ1v) is 12.7. The molecule has 4 saturated carbocycles. The third-order valence-corrected chi connectivity index (χ3v) is 10.1. The van der Waals surface area contributed by atoms with Crippen LogP contribution in [-0.2, 0) is 28.5 Å². The van der Waals surface area contributed by atoms with Crippen LogP contribution in [-0.4, -0.2) is 42.1 Å². The third-order valence-electron chi connectivity index (χ3n) is 10.1. The highest BCUT2D eigenvalue weighted by molar-refractivity contribution is 5.67. The minimum absolute atomic E-state index is 0.0295. The molecule has 6 heteroatoms. The Kier molecular flexibility index (Phi) is 5.34. The van der Waals surface area contributed by atoms with Gasteiger partial charge in [-0.05, 0) is 86.9 Å². The second-order valence-electron chi connectivity index (χ2n) is 12.3. The zero-order valence-electron chi connectivity index (χ0n) is 21.0. The maximum absolute atomic E-state index is 12.0. The molecule has 5 fully saturated rings. The van der Waals surface area contributed by atoms with Gasteiger partial charge in [-0.2, -0.15) is 0 Å². The maximum atomic E-state index is 12.0. The summed E-state index contributed by atoms with van der Waals surface area (Å²) in [5, 5.41) is 0. The van der Waals surface area contributed by atoms with Crippen LogP contribution in [0.4, 0.5) is 0 Å². The Balaban J connectivity index is 1.56. The molecule has 10 atom stereocenters. The summed E-state index contributed by atoms with van der Waals surface area (Å²) < 4.78 is 24.8. The molecule has 0 radical (unpaired) electrons. The van der Waals surface area contributed by atoms with Crippen LogP contribution in [0.15, 0.2) is 12.2 Å². The Hall–Kier alpha value is -1.40. The maximum Gasteiger partial charge on any atom is 0.303 e. The summed E-state index contributed by atoms with van der Waals surface area (Å²) in [5.74, 6) is 0.238. The van der Waals surface area contributed by atoms with E-state index in [4.69, 9.17) is 18.9 Å². The zero-order chi connectivity index (χ0) is 23.9. The fourth-order valence-corrected chi connectivity index (χ4v) is 8.75. The van der Waals surface area contributed by atoms with E-state index in [9.17, 15) is 9.59 Å². The number of hydrogen-bond donors (Lipinski definition) is 0. The van der Waals surface area contributed by atoms with Crippen molar-refractivity contribution in [3.05, 3.63) is 12.2 Å². The summed E-state index contributed by atoms with van der Waals surface area (Å²) in [6, 6.07) is 0. The average Bonchev–Trinajstić information content (AvgIpc) is 3.17. The molecule has 0 aromatic rings.